The van der Waals surface area contributed by atoms with Crippen LogP contribution in [0.25, 0.3) is 0 Å². The summed E-state index contributed by atoms with van der Waals surface area (Å²) in [5.74, 6) is -1.01. The molecule has 0 aliphatic heterocycles. The molecule has 47 heavy (non-hydrogen) atoms. The van der Waals surface area contributed by atoms with Gasteiger partial charge < -0.3 is 54.8 Å². The van der Waals surface area contributed by atoms with Gasteiger partial charge in [0.2, 0.25) is 11.8 Å². The van der Waals surface area contributed by atoms with Crippen LogP contribution in [0.3, 0.4) is 0 Å². The lowest BCUT2D eigenvalue weighted by Crippen LogP contribution is -2.60. The number of nitrogens with two attached hydrogens (primary N) is 1. The van der Waals surface area contributed by atoms with Crippen LogP contribution in [-0.2, 0) is 47.5 Å². The molecule has 0 saturated carbocycles. The van der Waals surface area contributed by atoms with Crippen molar-refractivity contribution in [3.05, 3.63) is 11.6 Å². The molecular formula is C32H58N4O11. The number of carbonyl (C=O) groups excluding carboxylic acids is 4. The van der Waals surface area contributed by atoms with E-state index in [-0.39, 0.29) is 44.0 Å². The maximum Gasteiger partial charge on any atom is 0.407 e. The normalized spacial score (nSPS) is 18.5. The van der Waals surface area contributed by atoms with E-state index in [1.807, 2.05) is 6.92 Å². The number of esters is 1. The Hall–Kier alpha value is -2.82. The molecular weight excluding hydrogens is 616 g/mol. The SMILES string of the molecule is CCOC(=O)C1=C[C@@H](O[C@@H](CC)CCNC(=O)CCOCCOCCOCCOCCN)[C@H](NC(C)=O)[C@@H](NC(=O)OC(C)(C)C)C1. The van der Waals surface area contributed by atoms with Crippen molar-refractivity contribution in [3.8, 4) is 0 Å². The highest BCUT2D eigenvalue weighted by Crippen LogP contribution is 2.26. The summed E-state index contributed by atoms with van der Waals surface area (Å²) < 4.78 is 38.5. The Morgan fingerprint density at radius 2 is 1.51 bits per heavy atom. The second-order valence-electron chi connectivity index (χ2n) is 11.9. The average molecular weight is 675 g/mol. The zero-order valence-electron chi connectivity index (χ0n) is 29.1. The molecule has 3 amide bonds. The van der Waals surface area contributed by atoms with E-state index in [1.165, 1.54) is 6.92 Å². The van der Waals surface area contributed by atoms with Crippen molar-refractivity contribution in [2.75, 3.05) is 72.6 Å². The van der Waals surface area contributed by atoms with E-state index in [1.54, 1.807) is 33.8 Å². The van der Waals surface area contributed by atoms with Crippen LogP contribution < -0.4 is 21.7 Å². The van der Waals surface area contributed by atoms with Crippen molar-refractivity contribution >= 4 is 23.9 Å². The fourth-order valence-corrected chi connectivity index (χ4v) is 4.54. The maximum absolute atomic E-state index is 12.7. The summed E-state index contributed by atoms with van der Waals surface area (Å²) in [4.78, 5) is 49.9. The number of ether oxygens (including phenoxy) is 7. The molecule has 5 N–H and O–H groups in total. The summed E-state index contributed by atoms with van der Waals surface area (Å²) in [5, 5.41) is 8.54. The third-order valence-electron chi connectivity index (χ3n) is 6.65. The standard InChI is InChI=1S/C32H58N4O11/c1-7-25(9-12-34-28(38)10-13-41-15-17-43-19-20-44-18-16-42-14-11-33)46-27-22-24(30(39)45-8-2)21-26(29(27)35-23(3)37)36-31(40)47-32(4,5)6/h22,25-27,29H,7-21,33H2,1-6H3,(H,34,38)(H,35,37)(H,36,40)/t25-,26-,27+,29+/m0/s1. The molecule has 1 aliphatic carbocycles. The Labute approximate surface area is 279 Å². The number of alkyl carbamates (subject to hydrolysis) is 1. The predicted molar refractivity (Wildman–Crippen MR) is 174 cm³/mol. The van der Waals surface area contributed by atoms with Crippen LogP contribution in [0, 0.1) is 0 Å². The smallest absolute Gasteiger partial charge is 0.407 e. The highest BCUT2D eigenvalue weighted by Gasteiger charge is 2.39. The topological polar surface area (TPSA) is 195 Å². The van der Waals surface area contributed by atoms with Gasteiger partial charge in [-0.1, -0.05) is 6.92 Å². The molecule has 1 rings (SSSR count). The van der Waals surface area contributed by atoms with Gasteiger partial charge in [-0.3, -0.25) is 9.59 Å². The quantitative estimate of drug-likeness (QED) is 0.0850. The summed E-state index contributed by atoms with van der Waals surface area (Å²) in [6.07, 6.45) is 1.26. The minimum absolute atomic E-state index is 0.115. The van der Waals surface area contributed by atoms with Gasteiger partial charge in [0.1, 0.15) is 5.60 Å². The third kappa shape index (κ3) is 20.2. The van der Waals surface area contributed by atoms with Gasteiger partial charge in [0.15, 0.2) is 0 Å². The summed E-state index contributed by atoms with van der Waals surface area (Å²) in [5.41, 5.74) is 4.92. The van der Waals surface area contributed by atoms with Gasteiger partial charge >= 0.3 is 12.1 Å². The Morgan fingerprint density at radius 1 is 0.915 bits per heavy atom. The minimum Gasteiger partial charge on any atom is -0.463 e. The molecule has 0 aromatic carbocycles. The highest BCUT2D eigenvalue weighted by molar-refractivity contribution is 5.89. The first-order valence-corrected chi connectivity index (χ1v) is 16.5. The molecule has 0 aromatic rings. The lowest BCUT2D eigenvalue weighted by Gasteiger charge is -2.38. The van der Waals surface area contributed by atoms with Crippen molar-refractivity contribution in [3.63, 3.8) is 0 Å². The predicted octanol–water partition coefficient (Wildman–Crippen LogP) is 1.36. The number of carbonyl (C=O) groups is 4. The van der Waals surface area contributed by atoms with Gasteiger partial charge in [0.25, 0.3) is 0 Å². The highest BCUT2D eigenvalue weighted by atomic mass is 16.6. The van der Waals surface area contributed by atoms with Crippen LogP contribution in [0.1, 0.15) is 67.2 Å². The minimum atomic E-state index is -0.759. The number of nitrogens with one attached hydrogen (secondary N) is 3. The van der Waals surface area contributed by atoms with Crippen LogP contribution in [0.2, 0.25) is 0 Å². The summed E-state index contributed by atoms with van der Waals surface area (Å²) in [7, 11) is 0. The monoisotopic (exact) mass is 674 g/mol. The van der Waals surface area contributed by atoms with Crippen molar-refractivity contribution in [2.24, 2.45) is 5.73 Å². The molecule has 1 aliphatic rings. The molecule has 272 valence electrons. The molecule has 0 aromatic heterocycles. The van der Waals surface area contributed by atoms with Crippen molar-refractivity contribution in [2.45, 2.75) is 97.1 Å². The Kier molecular flexibility index (Phi) is 21.9. The first-order valence-electron chi connectivity index (χ1n) is 16.5. The van der Waals surface area contributed by atoms with E-state index < -0.39 is 35.9 Å². The molecule has 0 spiro atoms. The van der Waals surface area contributed by atoms with E-state index >= 15 is 0 Å². The molecule has 0 bridgehead atoms. The van der Waals surface area contributed by atoms with E-state index in [0.717, 1.165) is 0 Å². The Morgan fingerprint density at radius 3 is 2.04 bits per heavy atom. The molecule has 0 unspecified atom stereocenters. The molecule has 0 fully saturated rings. The van der Waals surface area contributed by atoms with Gasteiger partial charge in [-0.2, -0.15) is 0 Å². The summed E-state index contributed by atoms with van der Waals surface area (Å²) >= 11 is 0. The first-order chi connectivity index (χ1) is 22.4. The largest absolute Gasteiger partial charge is 0.463 e. The van der Waals surface area contributed by atoms with Crippen LogP contribution in [0.4, 0.5) is 4.79 Å². The van der Waals surface area contributed by atoms with Crippen LogP contribution >= 0.6 is 0 Å². The van der Waals surface area contributed by atoms with Crippen LogP contribution in [0.5, 0.6) is 0 Å². The zero-order valence-corrected chi connectivity index (χ0v) is 29.1. The fraction of sp³-hybridized carbons (Fsp3) is 0.812. The number of amides is 3. The van der Waals surface area contributed by atoms with Gasteiger partial charge in [-0.25, -0.2) is 9.59 Å². The molecule has 0 radical (unpaired) electrons. The van der Waals surface area contributed by atoms with E-state index in [9.17, 15) is 19.2 Å². The zero-order chi connectivity index (χ0) is 35.1. The Bertz CT molecular complexity index is 958. The van der Waals surface area contributed by atoms with Gasteiger partial charge in [-0.15, -0.1) is 0 Å². The molecule has 15 heteroatoms. The van der Waals surface area contributed by atoms with Crippen LogP contribution in [0.15, 0.2) is 11.6 Å². The number of hydrogen-bond donors (Lipinski definition) is 4. The average Bonchev–Trinajstić information content (AvgIpc) is 2.99. The number of hydrogen-bond acceptors (Lipinski definition) is 12. The Balaban J connectivity index is 2.58. The van der Waals surface area contributed by atoms with Gasteiger partial charge in [-0.05, 0) is 46.6 Å². The molecule has 15 nitrogen and oxygen atoms in total. The van der Waals surface area contributed by atoms with Gasteiger partial charge in [0.05, 0.1) is 83.8 Å². The van der Waals surface area contributed by atoms with Crippen LogP contribution in [-0.4, -0.2) is 126 Å². The lowest BCUT2D eigenvalue weighted by molar-refractivity contribution is -0.139. The number of rotatable bonds is 24. The summed E-state index contributed by atoms with van der Waals surface area (Å²) in [6, 6.07) is -1.39. The van der Waals surface area contributed by atoms with E-state index in [2.05, 4.69) is 16.0 Å². The summed E-state index contributed by atoms with van der Waals surface area (Å²) in [6.45, 7) is 14.7. The second-order valence-corrected chi connectivity index (χ2v) is 11.9. The molecule has 0 saturated heterocycles. The fourth-order valence-electron chi connectivity index (χ4n) is 4.54. The maximum atomic E-state index is 12.7. The van der Waals surface area contributed by atoms with Crippen molar-refractivity contribution in [1.29, 1.82) is 0 Å². The van der Waals surface area contributed by atoms with E-state index in [4.69, 9.17) is 38.9 Å². The van der Waals surface area contributed by atoms with Gasteiger partial charge in [0, 0.05) is 38.4 Å². The van der Waals surface area contributed by atoms with Crippen molar-refractivity contribution in [1.82, 2.24) is 16.0 Å². The first kappa shape index (κ1) is 42.2. The second kappa shape index (κ2) is 24.3. The lowest BCUT2D eigenvalue weighted by atomic mass is 9.87. The van der Waals surface area contributed by atoms with E-state index in [0.29, 0.717) is 77.8 Å². The molecule has 4 atom stereocenters. The third-order valence-corrected chi connectivity index (χ3v) is 6.65. The molecule has 0 heterocycles. The van der Waals surface area contributed by atoms with Crippen molar-refractivity contribution < 1.29 is 52.3 Å².